The third-order valence-corrected chi connectivity index (χ3v) is 3.35. The first kappa shape index (κ1) is 10.1. The number of carboxylic acid groups (broad SMARTS) is 1. The molecule has 0 fully saturated rings. The molecule has 2 aromatic rings. The summed E-state index contributed by atoms with van der Waals surface area (Å²) in [5.74, 6) is 0.138. The third kappa shape index (κ3) is 1.41. The molecular formula is C9H11N3O2S. The fraction of sp³-hybridized carbons (Fsp3) is 0.444. The van der Waals surface area contributed by atoms with Crippen molar-refractivity contribution in [3.05, 3.63) is 16.4 Å². The Kier molecular flexibility index (Phi) is 2.22. The number of hydrogen-bond donors (Lipinski definition) is 1. The minimum absolute atomic E-state index is 0.231. The zero-order valence-corrected chi connectivity index (χ0v) is 9.50. The molecule has 0 aliphatic carbocycles. The SMILES string of the molecule is Cc1c(C(=O)O)sc2nnc(C(C)C)n12. The van der Waals surface area contributed by atoms with E-state index in [0.29, 0.717) is 15.5 Å². The third-order valence-electron chi connectivity index (χ3n) is 2.23. The van der Waals surface area contributed by atoms with E-state index in [4.69, 9.17) is 5.11 Å². The molecule has 0 amide bonds. The van der Waals surface area contributed by atoms with Crippen molar-refractivity contribution < 1.29 is 9.90 Å². The molecule has 0 aromatic carbocycles. The number of carbonyl (C=O) groups is 1. The van der Waals surface area contributed by atoms with Gasteiger partial charge in [0, 0.05) is 11.6 Å². The van der Waals surface area contributed by atoms with E-state index in [1.807, 2.05) is 18.2 Å². The van der Waals surface area contributed by atoms with Gasteiger partial charge in [0.2, 0.25) is 4.96 Å². The summed E-state index contributed by atoms with van der Waals surface area (Å²) >= 11 is 1.16. The van der Waals surface area contributed by atoms with E-state index in [1.165, 1.54) is 0 Å². The summed E-state index contributed by atoms with van der Waals surface area (Å²) in [6, 6.07) is 0. The van der Waals surface area contributed by atoms with Crippen LogP contribution in [-0.2, 0) is 0 Å². The van der Waals surface area contributed by atoms with Crippen LogP contribution < -0.4 is 0 Å². The zero-order chi connectivity index (χ0) is 11.2. The average molecular weight is 225 g/mol. The fourth-order valence-corrected chi connectivity index (χ4v) is 2.41. The Hall–Kier alpha value is -1.43. The summed E-state index contributed by atoms with van der Waals surface area (Å²) in [5.41, 5.74) is 0.705. The zero-order valence-electron chi connectivity index (χ0n) is 8.68. The summed E-state index contributed by atoms with van der Waals surface area (Å²) in [4.78, 5) is 11.9. The highest BCUT2D eigenvalue weighted by Crippen LogP contribution is 2.25. The van der Waals surface area contributed by atoms with E-state index in [0.717, 1.165) is 17.2 Å². The van der Waals surface area contributed by atoms with Gasteiger partial charge in [0.15, 0.2) is 0 Å². The summed E-state index contributed by atoms with van der Waals surface area (Å²) in [5, 5.41) is 17.0. The first-order chi connectivity index (χ1) is 7.02. The Morgan fingerprint density at radius 3 is 2.67 bits per heavy atom. The maximum atomic E-state index is 10.9. The predicted octanol–water partition coefficient (Wildman–Crippen LogP) is 1.92. The lowest BCUT2D eigenvalue weighted by molar-refractivity contribution is 0.0701. The summed E-state index contributed by atoms with van der Waals surface area (Å²) < 4.78 is 1.82. The number of fused-ring (bicyclic) bond motifs is 1. The molecule has 2 rings (SSSR count). The number of nitrogens with zero attached hydrogens (tertiary/aromatic N) is 3. The first-order valence-electron chi connectivity index (χ1n) is 4.60. The highest BCUT2D eigenvalue weighted by molar-refractivity contribution is 7.18. The number of thiazole rings is 1. The predicted molar refractivity (Wildman–Crippen MR) is 56.6 cm³/mol. The van der Waals surface area contributed by atoms with Crippen molar-refractivity contribution in [2.45, 2.75) is 26.7 Å². The van der Waals surface area contributed by atoms with Crippen LogP contribution in [-0.4, -0.2) is 25.7 Å². The molecule has 0 aliphatic heterocycles. The van der Waals surface area contributed by atoms with Gasteiger partial charge in [-0.3, -0.25) is 4.40 Å². The van der Waals surface area contributed by atoms with E-state index in [2.05, 4.69) is 10.2 Å². The van der Waals surface area contributed by atoms with Crippen molar-refractivity contribution in [3.63, 3.8) is 0 Å². The number of aromatic nitrogens is 3. The molecule has 0 spiro atoms. The molecule has 0 unspecified atom stereocenters. The van der Waals surface area contributed by atoms with Crippen molar-refractivity contribution in [2.75, 3.05) is 0 Å². The number of aromatic carboxylic acids is 1. The van der Waals surface area contributed by atoms with Crippen molar-refractivity contribution in [1.82, 2.24) is 14.6 Å². The molecule has 0 radical (unpaired) electrons. The molecular weight excluding hydrogens is 214 g/mol. The van der Waals surface area contributed by atoms with Gasteiger partial charge < -0.3 is 5.11 Å². The summed E-state index contributed by atoms with van der Waals surface area (Å²) in [6.45, 7) is 5.80. The molecule has 15 heavy (non-hydrogen) atoms. The van der Waals surface area contributed by atoms with Crippen LogP contribution in [0.5, 0.6) is 0 Å². The second-order valence-corrected chi connectivity index (χ2v) is 4.63. The molecule has 0 bridgehead atoms. The number of carboxylic acids is 1. The molecule has 0 aliphatic rings. The molecule has 2 aromatic heterocycles. The van der Waals surface area contributed by atoms with Gasteiger partial charge in [-0.25, -0.2) is 4.79 Å². The molecule has 0 atom stereocenters. The van der Waals surface area contributed by atoms with Gasteiger partial charge in [0.25, 0.3) is 0 Å². The molecule has 0 saturated heterocycles. The van der Waals surface area contributed by atoms with E-state index in [1.54, 1.807) is 6.92 Å². The van der Waals surface area contributed by atoms with Crippen LogP contribution in [0.3, 0.4) is 0 Å². The Labute approximate surface area is 90.4 Å². The Morgan fingerprint density at radius 1 is 1.47 bits per heavy atom. The van der Waals surface area contributed by atoms with E-state index in [-0.39, 0.29) is 5.92 Å². The van der Waals surface area contributed by atoms with Crippen LogP contribution in [0.4, 0.5) is 0 Å². The Morgan fingerprint density at radius 2 is 2.13 bits per heavy atom. The molecule has 5 nitrogen and oxygen atoms in total. The standard InChI is InChI=1S/C9H11N3O2S/c1-4(2)7-10-11-9-12(7)5(3)6(15-9)8(13)14/h4H,1-3H3,(H,13,14). The molecule has 80 valence electrons. The fourth-order valence-electron chi connectivity index (χ4n) is 1.50. The van der Waals surface area contributed by atoms with E-state index in [9.17, 15) is 4.79 Å². The second-order valence-electron chi connectivity index (χ2n) is 3.65. The Bertz CT molecular complexity index is 527. The number of aryl methyl sites for hydroxylation is 1. The topological polar surface area (TPSA) is 67.5 Å². The highest BCUT2D eigenvalue weighted by atomic mass is 32.1. The smallest absolute Gasteiger partial charge is 0.347 e. The molecule has 0 saturated carbocycles. The quantitative estimate of drug-likeness (QED) is 0.847. The summed E-state index contributed by atoms with van der Waals surface area (Å²) in [6.07, 6.45) is 0. The lowest BCUT2D eigenvalue weighted by Gasteiger charge is -2.01. The van der Waals surface area contributed by atoms with Gasteiger partial charge in [0.05, 0.1) is 0 Å². The van der Waals surface area contributed by atoms with Crippen LogP contribution in [0.1, 0.15) is 41.0 Å². The number of rotatable bonds is 2. The minimum Gasteiger partial charge on any atom is -0.477 e. The van der Waals surface area contributed by atoms with Crippen LogP contribution >= 0.6 is 11.3 Å². The maximum Gasteiger partial charge on any atom is 0.347 e. The lowest BCUT2D eigenvalue weighted by atomic mass is 10.2. The molecule has 2 heterocycles. The van der Waals surface area contributed by atoms with Crippen LogP contribution in [0.2, 0.25) is 0 Å². The lowest BCUT2D eigenvalue weighted by Crippen LogP contribution is -2.01. The second kappa shape index (κ2) is 3.30. The van der Waals surface area contributed by atoms with Gasteiger partial charge in [-0.1, -0.05) is 25.2 Å². The van der Waals surface area contributed by atoms with E-state index >= 15 is 0 Å². The molecule has 1 N–H and O–H groups in total. The van der Waals surface area contributed by atoms with Crippen LogP contribution in [0.15, 0.2) is 0 Å². The largest absolute Gasteiger partial charge is 0.477 e. The van der Waals surface area contributed by atoms with Crippen molar-refractivity contribution in [3.8, 4) is 0 Å². The monoisotopic (exact) mass is 225 g/mol. The van der Waals surface area contributed by atoms with Crippen molar-refractivity contribution >= 4 is 22.3 Å². The van der Waals surface area contributed by atoms with Crippen LogP contribution in [0.25, 0.3) is 4.96 Å². The van der Waals surface area contributed by atoms with Crippen molar-refractivity contribution in [2.24, 2.45) is 0 Å². The van der Waals surface area contributed by atoms with Crippen LogP contribution in [0, 0.1) is 6.92 Å². The Balaban J connectivity index is 2.74. The highest BCUT2D eigenvalue weighted by Gasteiger charge is 2.19. The van der Waals surface area contributed by atoms with Gasteiger partial charge in [-0.15, -0.1) is 10.2 Å². The first-order valence-corrected chi connectivity index (χ1v) is 5.41. The van der Waals surface area contributed by atoms with Crippen molar-refractivity contribution in [1.29, 1.82) is 0 Å². The normalized spacial score (nSPS) is 11.5. The maximum absolute atomic E-state index is 10.9. The molecule has 6 heteroatoms. The average Bonchev–Trinajstić information content (AvgIpc) is 2.66. The number of hydrogen-bond acceptors (Lipinski definition) is 4. The van der Waals surface area contributed by atoms with E-state index < -0.39 is 5.97 Å². The van der Waals surface area contributed by atoms with Gasteiger partial charge in [-0.2, -0.15) is 0 Å². The minimum atomic E-state index is -0.905. The van der Waals surface area contributed by atoms with Gasteiger partial charge in [-0.05, 0) is 6.92 Å². The summed E-state index contributed by atoms with van der Waals surface area (Å²) in [7, 11) is 0. The van der Waals surface area contributed by atoms with Gasteiger partial charge in [0.1, 0.15) is 10.7 Å². The van der Waals surface area contributed by atoms with Gasteiger partial charge >= 0.3 is 5.97 Å².